The van der Waals surface area contributed by atoms with Gasteiger partial charge in [-0.15, -0.1) is 11.8 Å². The standard InChI is InChI=1S/C15H18BrNO3S/c1-9(14(18)17-10-4-2-3-5-10)21-11-6-7-13(16)12(8-11)15(19)20/h6-10H,2-5H2,1H3,(H,17,18)(H,19,20). The Balaban J connectivity index is 1.98. The van der Waals surface area contributed by atoms with E-state index in [1.165, 1.54) is 24.6 Å². The summed E-state index contributed by atoms with van der Waals surface area (Å²) in [5.41, 5.74) is 0.211. The topological polar surface area (TPSA) is 66.4 Å². The van der Waals surface area contributed by atoms with Gasteiger partial charge in [0.05, 0.1) is 10.8 Å². The Labute approximate surface area is 136 Å². The lowest BCUT2D eigenvalue weighted by Crippen LogP contribution is -2.37. The van der Waals surface area contributed by atoms with E-state index in [-0.39, 0.29) is 16.7 Å². The highest BCUT2D eigenvalue weighted by atomic mass is 79.9. The summed E-state index contributed by atoms with van der Waals surface area (Å²) >= 11 is 4.59. The number of carboxylic acid groups (broad SMARTS) is 1. The Morgan fingerprint density at radius 1 is 1.38 bits per heavy atom. The summed E-state index contributed by atoms with van der Waals surface area (Å²) in [5.74, 6) is -0.959. The van der Waals surface area contributed by atoms with Crippen LogP contribution in [-0.2, 0) is 4.79 Å². The minimum absolute atomic E-state index is 0.0201. The van der Waals surface area contributed by atoms with Gasteiger partial charge in [0.1, 0.15) is 0 Å². The molecule has 2 rings (SSSR count). The van der Waals surface area contributed by atoms with Gasteiger partial charge in [0.25, 0.3) is 0 Å². The predicted molar refractivity (Wildman–Crippen MR) is 86.8 cm³/mol. The monoisotopic (exact) mass is 371 g/mol. The van der Waals surface area contributed by atoms with Crippen LogP contribution < -0.4 is 5.32 Å². The molecule has 21 heavy (non-hydrogen) atoms. The van der Waals surface area contributed by atoms with Crippen LogP contribution in [0.2, 0.25) is 0 Å². The maximum absolute atomic E-state index is 12.1. The van der Waals surface area contributed by atoms with Crippen LogP contribution in [0, 0.1) is 0 Å². The van der Waals surface area contributed by atoms with E-state index >= 15 is 0 Å². The molecule has 0 radical (unpaired) electrons. The van der Waals surface area contributed by atoms with Gasteiger partial charge in [-0.3, -0.25) is 4.79 Å². The number of benzene rings is 1. The van der Waals surface area contributed by atoms with Gasteiger partial charge in [0.2, 0.25) is 5.91 Å². The van der Waals surface area contributed by atoms with Crippen molar-refractivity contribution in [1.82, 2.24) is 5.32 Å². The lowest BCUT2D eigenvalue weighted by molar-refractivity contribution is -0.120. The zero-order valence-corrected chi connectivity index (χ0v) is 14.2. The van der Waals surface area contributed by atoms with Crippen LogP contribution in [0.25, 0.3) is 0 Å². The SMILES string of the molecule is CC(Sc1ccc(Br)c(C(=O)O)c1)C(=O)NC1CCCC1. The summed E-state index contributed by atoms with van der Waals surface area (Å²) in [6.45, 7) is 1.84. The Kier molecular flexibility index (Phi) is 5.70. The van der Waals surface area contributed by atoms with Crippen LogP contribution in [0.5, 0.6) is 0 Å². The number of nitrogens with one attached hydrogen (secondary N) is 1. The quantitative estimate of drug-likeness (QED) is 0.774. The molecule has 0 spiro atoms. The van der Waals surface area contributed by atoms with Crippen molar-refractivity contribution in [1.29, 1.82) is 0 Å². The van der Waals surface area contributed by atoms with E-state index in [0.717, 1.165) is 17.7 Å². The fraction of sp³-hybridized carbons (Fsp3) is 0.467. The average Bonchev–Trinajstić information content (AvgIpc) is 2.93. The van der Waals surface area contributed by atoms with E-state index in [2.05, 4.69) is 21.2 Å². The predicted octanol–water partition coefficient (Wildman–Crippen LogP) is 3.69. The minimum atomic E-state index is -0.979. The number of carbonyl (C=O) groups excluding carboxylic acids is 1. The van der Waals surface area contributed by atoms with Crippen molar-refractivity contribution >= 4 is 39.6 Å². The van der Waals surface area contributed by atoms with Gasteiger partial charge in [-0.2, -0.15) is 0 Å². The number of rotatable bonds is 5. The first-order chi connectivity index (χ1) is 9.97. The molecule has 1 unspecified atom stereocenters. The van der Waals surface area contributed by atoms with Crippen molar-refractivity contribution in [3.63, 3.8) is 0 Å². The molecule has 0 bridgehead atoms. The molecule has 1 saturated carbocycles. The smallest absolute Gasteiger partial charge is 0.336 e. The molecule has 2 N–H and O–H groups in total. The third-order valence-electron chi connectivity index (χ3n) is 3.55. The second-order valence-electron chi connectivity index (χ2n) is 5.20. The molecule has 1 atom stereocenters. The van der Waals surface area contributed by atoms with Crippen molar-refractivity contribution in [2.75, 3.05) is 0 Å². The Bertz CT molecular complexity index is 544. The van der Waals surface area contributed by atoms with Gasteiger partial charge in [-0.05, 0) is 53.9 Å². The summed E-state index contributed by atoms with van der Waals surface area (Å²) in [6, 6.07) is 5.42. The molecule has 1 amide bonds. The number of carbonyl (C=O) groups is 2. The minimum Gasteiger partial charge on any atom is -0.478 e. The van der Waals surface area contributed by atoms with E-state index in [4.69, 9.17) is 5.11 Å². The van der Waals surface area contributed by atoms with Crippen LogP contribution in [0.15, 0.2) is 27.6 Å². The summed E-state index contributed by atoms with van der Waals surface area (Å²) in [5, 5.41) is 11.9. The molecule has 1 fully saturated rings. The molecule has 1 aromatic rings. The van der Waals surface area contributed by atoms with Crippen LogP contribution in [0.3, 0.4) is 0 Å². The van der Waals surface area contributed by atoms with E-state index < -0.39 is 5.97 Å². The molecule has 114 valence electrons. The summed E-state index contributed by atoms with van der Waals surface area (Å²) < 4.78 is 0.544. The molecular weight excluding hydrogens is 354 g/mol. The third kappa shape index (κ3) is 4.48. The second-order valence-corrected chi connectivity index (χ2v) is 7.47. The first kappa shape index (κ1) is 16.4. The van der Waals surface area contributed by atoms with E-state index in [9.17, 15) is 9.59 Å². The number of amides is 1. The molecule has 0 aliphatic heterocycles. The van der Waals surface area contributed by atoms with E-state index in [1.54, 1.807) is 12.1 Å². The van der Waals surface area contributed by atoms with Gasteiger partial charge >= 0.3 is 5.97 Å². The van der Waals surface area contributed by atoms with Gasteiger partial charge in [-0.1, -0.05) is 12.8 Å². The van der Waals surface area contributed by atoms with Crippen molar-refractivity contribution in [2.45, 2.75) is 48.8 Å². The van der Waals surface area contributed by atoms with Crippen molar-refractivity contribution < 1.29 is 14.7 Å². The van der Waals surface area contributed by atoms with Crippen molar-refractivity contribution in [3.8, 4) is 0 Å². The summed E-state index contributed by atoms with van der Waals surface area (Å²) in [4.78, 5) is 24.0. The highest BCUT2D eigenvalue weighted by Gasteiger charge is 2.21. The first-order valence-corrected chi connectivity index (χ1v) is 8.64. The van der Waals surface area contributed by atoms with Crippen LogP contribution in [0.4, 0.5) is 0 Å². The Hall–Kier alpha value is -1.01. The molecule has 4 nitrogen and oxygen atoms in total. The Morgan fingerprint density at radius 2 is 2.05 bits per heavy atom. The van der Waals surface area contributed by atoms with Gasteiger partial charge < -0.3 is 10.4 Å². The van der Waals surface area contributed by atoms with E-state index in [0.29, 0.717) is 10.5 Å². The molecular formula is C15H18BrNO3S. The fourth-order valence-electron chi connectivity index (χ4n) is 2.39. The number of hydrogen-bond acceptors (Lipinski definition) is 3. The number of thioether (sulfide) groups is 1. The Morgan fingerprint density at radius 3 is 2.67 bits per heavy atom. The van der Waals surface area contributed by atoms with Gasteiger partial charge in [0.15, 0.2) is 0 Å². The average molecular weight is 372 g/mol. The highest BCUT2D eigenvalue weighted by molar-refractivity contribution is 9.10. The molecule has 6 heteroatoms. The maximum Gasteiger partial charge on any atom is 0.336 e. The maximum atomic E-state index is 12.1. The molecule has 0 aromatic heterocycles. The third-order valence-corrected chi connectivity index (χ3v) is 5.34. The summed E-state index contributed by atoms with van der Waals surface area (Å²) in [7, 11) is 0. The van der Waals surface area contributed by atoms with Crippen LogP contribution in [0.1, 0.15) is 43.0 Å². The molecule has 0 heterocycles. The number of carboxylic acids is 1. The first-order valence-electron chi connectivity index (χ1n) is 6.97. The van der Waals surface area contributed by atoms with E-state index in [1.807, 2.05) is 13.0 Å². The lowest BCUT2D eigenvalue weighted by Gasteiger charge is -2.16. The lowest BCUT2D eigenvalue weighted by atomic mass is 10.2. The molecule has 1 aliphatic carbocycles. The zero-order valence-electron chi connectivity index (χ0n) is 11.8. The molecule has 1 aliphatic rings. The van der Waals surface area contributed by atoms with Crippen LogP contribution >= 0.6 is 27.7 Å². The number of halogens is 1. The highest BCUT2D eigenvalue weighted by Crippen LogP contribution is 2.28. The van der Waals surface area contributed by atoms with Crippen molar-refractivity contribution in [2.24, 2.45) is 0 Å². The van der Waals surface area contributed by atoms with Gasteiger partial charge in [-0.25, -0.2) is 4.79 Å². The van der Waals surface area contributed by atoms with Crippen LogP contribution in [-0.4, -0.2) is 28.3 Å². The fourth-order valence-corrected chi connectivity index (χ4v) is 3.72. The number of aromatic carboxylic acids is 1. The normalized spacial score (nSPS) is 16.7. The number of hydrogen-bond donors (Lipinski definition) is 2. The van der Waals surface area contributed by atoms with Crippen molar-refractivity contribution in [3.05, 3.63) is 28.2 Å². The largest absolute Gasteiger partial charge is 0.478 e. The second kappa shape index (κ2) is 7.31. The molecule has 0 saturated heterocycles. The zero-order chi connectivity index (χ0) is 15.4. The molecule has 1 aromatic carbocycles. The van der Waals surface area contributed by atoms with Gasteiger partial charge in [0, 0.05) is 15.4 Å². The summed E-state index contributed by atoms with van der Waals surface area (Å²) in [6.07, 6.45) is 4.48.